The van der Waals surface area contributed by atoms with Crippen molar-refractivity contribution in [2.45, 2.75) is 59.3 Å². The second kappa shape index (κ2) is 5.98. The number of rotatable bonds is 5. The monoisotopic (exact) mass is 248 g/mol. The first kappa shape index (κ1) is 14.7. The van der Waals surface area contributed by atoms with E-state index < -0.39 is 0 Å². The second-order valence-corrected chi connectivity index (χ2v) is 5.07. The van der Waals surface area contributed by atoms with Crippen LogP contribution in [0.1, 0.15) is 79.7 Å². The van der Waals surface area contributed by atoms with Crippen molar-refractivity contribution in [3.8, 4) is 0 Å². The number of pyridine rings is 1. The van der Waals surface area contributed by atoms with Crippen LogP contribution in [0.2, 0.25) is 0 Å². The van der Waals surface area contributed by atoms with Crippen LogP contribution in [-0.4, -0.2) is 11.3 Å². The van der Waals surface area contributed by atoms with Crippen LogP contribution in [0, 0.1) is 6.92 Å². The lowest BCUT2D eigenvalue weighted by Crippen LogP contribution is -2.12. The van der Waals surface area contributed by atoms with E-state index in [2.05, 4.69) is 32.7 Å². The summed E-state index contributed by atoms with van der Waals surface area (Å²) in [6.45, 7) is 10.4. The summed E-state index contributed by atoms with van der Waals surface area (Å²) in [4.78, 5) is 16.0. The third-order valence-electron chi connectivity index (χ3n) is 3.88. The number of nitrogens with zero attached hydrogens (tertiary/aromatic N) is 1. The lowest BCUT2D eigenvalue weighted by atomic mass is 9.92. The predicted molar refractivity (Wildman–Crippen MR) is 76.2 cm³/mol. The van der Waals surface area contributed by atoms with Crippen LogP contribution in [-0.2, 0) is 0 Å². The highest BCUT2D eigenvalue weighted by molar-refractivity contribution is 5.82. The predicted octanol–water partition coefficient (Wildman–Crippen LogP) is 3.81. The van der Waals surface area contributed by atoms with Crippen LogP contribution in [0.15, 0.2) is 0 Å². The number of carbonyl (C=O) groups excluding carboxylic acids is 1. The summed E-state index contributed by atoms with van der Waals surface area (Å²) >= 11 is 0. The average molecular weight is 248 g/mol. The van der Waals surface area contributed by atoms with Crippen molar-refractivity contribution >= 4 is 12.0 Å². The molecule has 0 aromatic carbocycles. The molecule has 1 aromatic rings. The summed E-state index contributed by atoms with van der Waals surface area (Å²) in [5, 5.41) is 0. The summed E-state index contributed by atoms with van der Waals surface area (Å²) in [6, 6.07) is 0. The molecule has 0 saturated carbocycles. The third kappa shape index (κ3) is 2.55. The minimum atomic E-state index is 0.285. The molecule has 0 saturated heterocycles. The fourth-order valence-corrected chi connectivity index (χ4v) is 2.07. The van der Waals surface area contributed by atoms with Gasteiger partial charge < -0.3 is 5.73 Å². The van der Waals surface area contributed by atoms with Crippen LogP contribution < -0.4 is 5.73 Å². The highest BCUT2D eigenvalue weighted by atomic mass is 16.1. The van der Waals surface area contributed by atoms with Gasteiger partial charge in [0.05, 0.1) is 17.1 Å². The number of aromatic nitrogens is 1. The molecule has 3 nitrogen and oxygen atoms in total. The van der Waals surface area contributed by atoms with Crippen LogP contribution in [0.5, 0.6) is 0 Å². The van der Waals surface area contributed by atoms with Gasteiger partial charge in [0.2, 0.25) is 0 Å². The number of nitrogens with two attached hydrogens (primary N) is 1. The van der Waals surface area contributed by atoms with Gasteiger partial charge in [0.15, 0.2) is 6.29 Å². The molecule has 2 atom stereocenters. The van der Waals surface area contributed by atoms with Crippen molar-refractivity contribution in [3.05, 3.63) is 22.5 Å². The summed E-state index contributed by atoms with van der Waals surface area (Å²) in [6.07, 6.45) is 2.86. The zero-order valence-electron chi connectivity index (χ0n) is 12.1. The Morgan fingerprint density at radius 1 is 1.17 bits per heavy atom. The van der Waals surface area contributed by atoms with E-state index in [0.29, 0.717) is 17.2 Å². The molecule has 0 fully saturated rings. The molecule has 0 radical (unpaired) electrons. The molecular weight excluding hydrogens is 224 g/mol. The summed E-state index contributed by atoms with van der Waals surface area (Å²) in [5.74, 6) is 0.611. The number of carbonyl (C=O) groups is 1. The van der Waals surface area contributed by atoms with Gasteiger partial charge in [-0.05, 0) is 31.2 Å². The van der Waals surface area contributed by atoms with E-state index >= 15 is 0 Å². The van der Waals surface area contributed by atoms with Gasteiger partial charge in [-0.25, -0.2) is 0 Å². The maximum Gasteiger partial charge on any atom is 0.152 e. The molecule has 0 aliphatic heterocycles. The van der Waals surface area contributed by atoms with Crippen LogP contribution in [0.4, 0.5) is 5.69 Å². The van der Waals surface area contributed by atoms with Gasteiger partial charge in [-0.2, -0.15) is 0 Å². The summed E-state index contributed by atoms with van der Waals surface area (Å²) < 4.78 is 0. The van der Waals surface area contributed by atoms with Crippen LogP contribution >= 0.6 is 0 Å². The van der Waals surface area contributed by atoms with Crippen LogP contribution in [0.3, 0.4) is 0 Å². The Labute approximate surface area is 110 Å². The lowest BCUT2D eigenvalue weighted by molar-refractivity contribution is 0.112. The molecular formula is C15H24N2O. The first-order valence-electron chi connectivity index (χ1n) is 6.72. The van der Waals surface area contributed by atoms with Gasteiger partial charge in [-0.3, -0.25) is 9.78 Å². The van der Waals surface area contributed by atoms with Crippen molar-refractivity contribution < 1.29 is 4.79 Å². The number of aldehydes is 1. The Balaban J connectivity index is 3.50. The minimum absolute atomic E-state index is 0.285. The third-order valence-corrected chi connectivity index (χ3v) is 3.88. The maximum atomic E-state index is 11.3. The zero-order chi connectivity index (χ0) is 13.9. The van der Waals surface area contributed by atoms with E-state index in [1.54, 1.807) is 0 Å². The number of nitrogen functional groups attached to an aromatic ring is 1. The van der Waals surface area contributed by atoms with E-state index in [0.717, 1.165) is 36.1 Å². The van der Waals surface area contributed by atoms with Crippen LogP contribution in [0.25, 0.3) is 0 Å². The Morgan fingerprint density at radius 2 is 1.67 bits per heavy atom. The highest BCUT2D eigenvalue weighted by Crippen LogP contribution is 2.32. The molecule has 0 amide bonds. The minimum Gasteiger partial charge on any atom is -0.397 e. The molecule has 2 unspecified atom stereocenters. The van der Waals surface area contributed by atoms with E-state index in [1.165, 1.54) is 0 Å². The van der Waals surface area contributed by atoms with Gasteiger partial charge in [0.25, 0.3) is 0 Å². The molecule has 0 spiro atoms. The SMILES string of the molecule is CCC(C)c1nc(C(C)CC)c(C=O)c(C)c1N. The maximum absolute atomic E-state index is 11.3. The Hall–Kier alpha value is -1.38. The highest BCUT2D eigenvalue weighted by Gasteiger charge is 2.20. The normalized spacial score (nSPS) is 14.3. The smallest absolute Gasteiger partial charge is 0.152 e. The number of hydrogen-bond donors (Lipinski definition) is 1. The summed E-state index contributed by atoms with van der Waals surface area (Å²) in [5.41, 5.74) is 10.2. The zero-order valence-corrected chi connectivity index (χ0v) is 12.1. The average Bonchev–Trinajstić information content (AvgIpc) is 2.39. The lowest BCUT2D eigenvalue weighted by Gasteiger charge is -2.20. The molecule has 18 heavy (non-hydrogen) atoms. The molecule has 0 bridgehead atoms. The van der Waals surface area contributed by atoms with E-state index in [-0.39, 0.29) is 5.92 Å². The molecule has 0 aliphatic carbocycles. The summed E-state index contributed by atoms with van der Waals surface area (Å²) in [7, 11) is 0. The van der Waals surface area contributed by atoms with Crippen molar-refractivity contribution in [1.29, 1.82) is 0 Å². The molecule has 1 rings (SSSR count). The van der Waals surface area contributed by atoms with Gasteiger partial charge in [0, 0.05) is 11.5 Å². The van der Waals surface area contributed by atoms with Crippen molar-refractivity contribution in [3.63, 3.8) is 0 Å². The number of hydrogen-bond acceptors (Lipinski definition) is 3. The molecule has 1 heterocycles. The largest absolute Gasteiger partial charge is 0.397 e. The quantitative estimate of drug-likeness (QED) is 0.806. The Bertz CT molecular complexity index is 441. The molecule has 100 valence electrons. The standard InChI is InChI=1S/C15H24N2O/c1-6-9(3)14-12(8-18)11(5)13(16)15(17-14)10(4)7-2/h8-10H,6-7,16H2,1-5H3. The fourth-order valence-electron chi connectivity index (χ4n) is 2.07. The van der Waals surface area contributed by atoms with Gasteiger partial charge >= 0.3 is 0 Å². The Morgan fingerprint density at radius 3 is 2.11 bits per heavy atom. The van der Waals surface area contributed by atoms with E-state index in [4.69, 9.17) is 5.73 Å². The first-order valence-corrected chi connectivity index (χ1v) is 6.72. The Kier molecular flexibility index (Phi) is 4.88. The number of anilines is 1. The second-order valence-electron chi connectivity index (χ2n) is 5.07. The van der Waals surface area contributed by atoms with Gasteiger partial charge in [-0.1, -0.05) is 27.7 Å². The van der Waals surface area contributed by atoms with E-state index in [1.807, 2.05) is 6.92 Å². The molecule has 2 N–H and O–H groups in total. The van der Waals surface area contributed by atoms with Crippen molar-refractivity contribution in [2.24, 2.45) is 0 Å². The van der Waals surface area contributed by atoms with Crippen molar-refractivity contribution in [2.75, 3.05) is 5.73 Å². The molecule has 0 aliphatic rings. The molecule has 3 heteroatoms. The fraction of sp³-hybridized carbons (Fsp3) is 0.600. The molecule has 1 aromatic heterocycles. The van der Waals surface area contributed by atoms with E-state index in [9.17, 15) is 4.79 Å². The van der Waals surface area contributed by atoms with Crippen molar-refractivity contribution in [1.82, 2.24) is 4.98 Å². The van der Waals surface area contributed by atoms with Gasteiger partial charge in [0.1, 0.15) is 0 Å². The van der Waals surface area contributed by atoms with Gasteiger partial charge in [-0.15, -0.1) is 0 Å². The first-order chi connectivity index (χ1) is 8.47. The topological polar surface area (TPSA) is 56.0 Å².